The molecule has 76 valence electrons. The molecule has 6 heteroatoms. The molecule has 0 amide bonds. The Morgan fingerprint density at radius 2 is 2.43 bits per heavy atom. The van der Waals surface area contributed by atoms with E-state index in [0.29, 0.717) is 12.1 Å². The molecule has 0 spiro atoms. The van der Waals surface area contributed by atoms with Crippen molar-refractivity contribution in [3.63, 3.8) is 0 Å². The van der Waals surface area contributed by atoms with E-state index in [0.717, 1.165) is 0 Å². The molecule has 1 heterocycles. The maximum Gasteiger partial charge on any atom is 0.345 e. The summed E-state index contributed by atoms with van der Waals surface area (Å²) >= 11 is 0. The lowest BCUT2D eigenvalue weighted by Gasteiger charge is -2.04. The lowest BCUT2D eigenvalue weighted by atomic mass is 10.1. The lowest BCUT2D eigenvalue weighted by Crippen LogP contribution is -2.30. The van der Waals surface area contributed by atoms with Crippen LogP contribution in [-0.2, 0) is 11.2 Å². The molecule has 0 radical (unpaired) electrons. The van der Waals surface area contributed by atoms with Gasteiger partial charge < -0.3 is 15.8 Å². The molecule has 1 rings (SSSR count). The summed E-state index contributed by atoms with van der Waals surface area (Å²) in [4.78, 5) is 27.1. The highest BCUT2D eigenvalue weighted by Crippen LogP contribution is 1.98. The van der Waals surface area contributed by atoms with Gasteiger partial charge in [-0.25, -0.2) is 9.78 Å². The highest BCUT2D eigenvalue weighted by molar-refractivity contribution is 5.72. The number of hydrogen-bond acceptors (Lipinski definition) is 4. The van der Waals surface area contributed by atoms with Crippen molar-refractivity contribution in [3.8, 4) is 0 Å². The van der Waals surface area contributed by atoms with Gasteiger partial charge in [-0.2, -0.15) is 0 Å². The fourth-order valence-electron chi connectivity index (χ4n) is 0.987. The Kier molecular flexibility index (Phi) is 3.35. The Balaban J connectivity index is 2.54. The van der Waals surface area contributed by atoms with Crippen LogP contribution < -0.4 is 11.4 Å². The molecule has 0 unspecified atom stereocenters. The van der Waals surface area contributed by atoms with Crippen LogP contribution in [0.1, 0.15) is 12.1 Å². The van der Waals surface area contributed by atoms with E-state index in [1.54, 1.807) is 6.07 Å². The third-order valence-electron chi connectivity index (χ3n) is 1.78. The summed E-state index contributed by atoms with van der Waals surface area (Å²) in [5.74, 6) is -1.04. The van der Waals surface area contributed by atoms with Crippen molar-refractivity contribution in [2.75, 3.05) is 0 Å². The zero-order valence-corrected chi connectivity index (χ0v) is 7.43. The van der Waals surface area contributed by atoms with Gasteiger partial charge >= 0.3 is 11.7 Å². The van der Waals surface area contributed by atoms with Crippen LogP contribution in [0, 0.1) is 0 Å². The summed E-state index contributed by atoms with van der Waals surface area (Å²) < 4.78 is 0. The van der Waals surface area contributed by atoms with Gasteiger partial charge in [0.05, 0.1) is 0 Å². The Hall–Kier alpha value is -1.69. The van der Waals surface area contributed by atoms with Crippen LogP contribution >= 0.6 is 0 Å². The van der Waals surface area contributed by atoms with Crippen molar-refractivity contribution in [3.05, 3.63) is 28.4 Å². The van der Waals surface area contributed by atoms with E-state index in [9.17, 15) is 9.59 Å². The highest BCUT2D eigenvalue weighted by Gasteiger charge is 2.10. The number of aryl methyl sites for hydroxylation is 1. The van der Waals surface area contributed by atoms with Gasteiger partial charge in [-0.15, -0.1) is 0 Å². The van der Waals surface area contributed by atoms with E-state index in [-0.39, 0.29) is 6.42 Å². The van der Waals surface area contributed by atoms with E-state index in [1.807, 2.05) is 0 Å². The number of rotatable bonds is 4. The second-order valence-corrected chi connectivity index (χ2v) is 2.88. The van der Waals surface area contributed by atoms with Crippen molar-refractivity contribution in [2.45, 2.75) is 18.9 Å². The van der Waals surface area contributed by atoms with Crippen LogP contribution in [0.25, 0.3) is 0 Å². The molecule has 0 bridgehead atoms. The second-order valence-electron chi connectivity index (χ2n) is 2.88. The Bertz CT molecular complexity index is 374. The number of carboxylic acid groups (broad SMARTS) is 1. The Morgan fingerprint density at radius 1 is 1.71 bits per heavy atom. The molecule has 14 heavy (non-hydrogen) atoms. The molecule has 0 aliphatic heterocycles. The molecule has 1 aromatic rings. The molecular formula is C8H11N3O3. The van der Waals surface area contributed by atoms with Crippen LogP contribution in [0.4, 0.5) is 0 Å². The standard InChI is InChI=1S/C8H11N3O3/c9-6(7(12)13)2-1-5-3-4-10-8(14)11-5/h3-4,6H,1-2,9H2,(H,12,13)(H,10,11,14)/t6-/m0/s1. The van der Waals surface area contributed by atoms with E-state index < -0.39 is 17.7 Å². The smallest absolute Gasteiger partial charge is 0.345 e. The zero-order valence-electron chi connectivity index (χ0n) is 7.43. The number of nitrogens with zero attached hydrogens (tertiary/aromatic N) is 1. The molecule has 0 aromatic carbocycles. The fourth-order valence-corrected chi connectivity index (χ4v) is 0.987. The van der Waals surface area contributed by atoms with Gasteiger partial charge in [0.1, 0.15) is 6.04 Å². The first-order chi connectivity index (χ1) is 6.59. The maximum absolute atomic E-state index is 10.8. The van der Waals surface area contributed by atoms with Crippen LogP contribution in [0.15, 0.2) is 17.1 Å². The molecular weight excluding hydrogens is 186 g/mol. The maximum atomic E-state index is 10.8. The molecule has 0 aliphatic rings. The normalized spacial score (nSPS) is 12.4. The summed E-state index contributed by atoms with van der Waals surface area (Å²) in [5, 5.41) is 8.51. The number of aromatic nitrogens is 2. The first-order valence-electron chi connectivity index (χ1n) is 4.12. The Labute approximate surface area is 79.8 Å². The van der Waals surface area contributed by atoms with E-state index >= 15 is 0 Å². The second kappa shape index (κ2) is 4.52. The first kappa shape index (κ1) is 10.4. The summed E-state index contributed by atoms with van der Waals surface area (Å²) in [7, 11) is 0. The molecule has 0 fully saturated rings. The first-order valence-corrected chi connectivity index (χ1v) is 4.12. The molecule has 1 atom stereocenters. The van der Waals surface area contributed by atoms with Crippen molar-refractivity contribution in [1.82, 2.24) is 9.97 Å². The van der Waals surface area contributed by atoms with Crippen molar-refractivity contribution in [1.29, 1.82) is 0 Å². The molecule has 6 nitrogen and oxygen atoms in total. The topological polar surface area (TPSA) is 109 Å². The minimum absolute atomic E-state index is 0.287. The van der Waals surface area contributed by atoms with Crippen LogP contribution in [0.5, 0.6) is 0 Å². The lowest BCUT2D eigenvalue weighted by molar-refractivity contribution is -0.138. The number of carbonyl (C=O) groups is 1. The fraction of sp³-hybridized carbons (Fsp3) is 0.375. The van der Waals surface area contributed by atoms with Gasteiger partial charge in [0.15, 0.2) is 0 Å². The minimum Gasteiger partial charge on any atom is -0.480 e. The van der Waals surface area contributed by atoms with Gasteiger partial charge in [-0.05, 0) is 18.9 Å². The average molecular weight is 197 g/mol. The van der Waals surface area contributed by atoms with Gasteiger partial charge in [-0.1, -0.05) is 0 Å². The number of hydrogen-bond donors (Lipinski definition) is 3. The van der Waals surface area contributed by atoms with E-state index in [1.165, 1.54) is 6.20 Å². The van der Waals surface area contributed by atoms with Gasteiger partial charge in [0, 0.05) is 11.9 Å². The van der Waals surface area contributed by atoms with E-state index in [2.05, 4.69) is 9.97 Å². The molecule has 0 saturated carbocycles. The number of nitrogens with two attached hydrogens (primary N) is 1. The van der Waals surface area contributed by atoms with Crippen molar-refractivity contribution in [2.24, 2.45) is 5.73 Å². The van der Waals surface area contributed by atoms with E-state index in [4.69, 9.17) is 10.8 Å². The minimum atomic E-state index is -1.04. The molecule has 4 N–H and O–H groups in total. The average Bonchev–Trinajstić information content (AvgIpc) is 2.14. The number of carboxylic acids is 1. The Morgan fingerprint density at radius 3 is 3.00 bits per heavy atom. The molecule has 0 aliphatic carbocycles. The van der Waals surface area contributed by atoms with Crippen LogP contribution in [0.3, 0.4) is 0 Å². The zero-order chi connectivity index (χ0) is 10.6. The molecule has 1 aromatic heterocycles. The summed E-state index contributed by atoms with van der Waals surface area (Å²) in [6.45, 7) is 0. The number of nitrogens with one attached hydrogen (secondary N) is 1. The quantitative estimate of drug-likeness (QED) is 0.580. The van der Waals surface area contributed by atoms with Crippen LogP contribution in [-0.4, -0.2) is 27.1 Å². The third-order valence-corrected chi connectivity index (χ3v) is 1.78. The largest absolute Gasteiger partial charge is 0.480 e. The monoisotopic (exact) mass is 197 g/mol. The number of H-pyrrole nitrogens is 1. The summed E-state index contributed by atoms with van der Waals surface area (Å²) in [6, 6.07) is 0.724. The van der Waals surface area contributed by atoms with Gasteiger partial charge in [0.2, 0.25) is 0 Å². The van der Waals surface area contributed by atoms with Gasteiger partial charge in [0.25, 0.3) is 0 Å². The third kappa shape index (κ3) is 2.98. The highest BCUT2D eigenvalue weighted by atomic mass is 16.4. The predicted octanol–water partition coefficient (Wildman–Crippen LogP) is -0.886. The SMILES string of the molecule is N[C@@H](CCc1ccnc(=O)[nH]1)C(=O)O. The number of aromatic amines is 1. The predicted molar refractivity (Wildman–Crippen MR) is 48.8 cm³/mol. The summed E-state index contributed by atoms with van der Waals surface area (Å²) in [5.41, 5.74) is 5.50. The number of aliphatic carboxylic acids is 1. The van der Waals surface area contributed by atoms with Crippen molar-refractivity contribution < 1.29 is 9.90 Å². The summed E-state index contributed by atoms with van der Waals surface area (Å²) in [6.07, 6.45) is 2.08. The van der Waals surface area contributed by atoms with Crippen LogP contribution in [0.2, 0.25) is 0 Å². The van der Waals surface area contributed by atoms with Gasteiger partial charge in [-0.3, -0.25) is 4.79 Å². The molecule has 0 saturated heterocycles. The van der Waals surface area contributed by atoms with Crippen molar-refractivity contribution >= 4 is 5.97 Å².